The number of fused-ring (bicyclic) bond motifs is 1. The molecule has 0 saturated heterocycles. The lowest BCUT2D eigenvalue weighted by Gasteiger charge is -2.22. The molecule has 2 N–H and O–H groups in total. The smallest absolute Gasteiger partial charge is 0.129 e. The molecule has 13 heavy (non-hydrogen) atoms. The molecule has 0 fully saturated rings. The zero-order valence-electron chi connectivity index (χ0n) is 7.81. The van der Waals surface area contributed by atoms with Crippen molar-refractivity contribution in [3.05, 3.63) is 34.6 Å². The zero-order chi connectivity index (χ0) is 9.42. The van der Waals surface area contributed by atoms with Gasteiger partial charge in [0.05, 0.1) is 0 Å². The van der Waals surface area contributed by atoms with Crippen LogP contribution in [0.3, 0.4) is 0 Å². The fourth-order valence-corrected chi connectivity index (χ4v) is 1.95. The summed E-state index contributed by atoms with van der Waals surface area (Å²) in [6.45, 7) is 1.81. The first-order valence-electron chi connectivity index (χ1n) is 4.71. The highest BCUT2D eigenvalue weighted by atomic mass is 19.1. The zero-order valence-corrected chi connectivity index (χ0v) is 7.81. The molecule has 0 amide bonds. The molecule has 70 valence electrons. The van der Waals surface area contributed by atoms with Crippen LogP contribution in [-0.4, -0.2) is 6.04 Å². The lowest BCUT2D eigenvalue weighted by Crippen LogP contribution is -2.28. The molecule has 0 aromatic heterocycles. The van der Waals surface area contributed by atoms with Crippen molar-refractivity contribution in [3.63, 3.8) is 0 Å². The minimum Gasteiger partial charge on any atom is -0.327 e. The van der Waals surface area contributed by atoms with Crippen LogP contribution in [0.2, 0.25) is 0 Å². The van der Waals surface area contributed by atoms with Crippen LogP contribution < -0.4 is 5.73 Å². The van der Waals surface area contributed by atoms with E-state index in [-0.39, 0.29) is 11.9 Å². The van der Waals surface area contributed by atoms with Crippen molar-refractivity contribution in [2.75, 3.05) is 0 Å². The molecule has 2 rings (SSSR count). The third-order valence-electron chi connectivity index (χ3n) is 2.78. The van der Waals surface area contributed by atoms with Gasteiger partial charge >= 0.3 is 0 Å². The number of nitrogens with two attached hydrogens (primary N) is 1. The lowest BCUT2D eigenvalue weighted by atomic mass is 9.87. The quantitative estimate of drug-likeness (QED) is 0.647. The van der Waals surface area contributed by atoms with E-state index < -0.39 is 0 Å². The van der Waals surface area contributed by atoms with Gasteiger partial charge in [0.25, 0.3) is 0 Å². The molecule has 1 aliphatic rings. The number of benzene rings is 1. The molecule has 0 aliphatic heterocycles. The molecule has 1 nitrogen and oxygen atoms in total. The molecule has 1 aromatic carbocycles. The van der Waals surface area contributed by atoms with Crippen LogP contribution in [0.1, 0.15) is 23.1 Å². The maximum Gasteiger partial charge on any atom is 0.129 e. The van der Waals surface area contributed by atoms with Gasteiger partial charge in [-0.25, -0.2) is 4.39 Å². The van der Waals surface area contributed by atoms with Crippen LogP contribution in [0.5, 0.6) is 0 Å². The number of hydrogen-bond acceptors (Lipinski definition) is 1. The molecule has 0 saturated carbocycles. The average Bonchev–Trinajstić information content (AvgIpc) is 2.12. The van der Waals surface area contributed by atoms with Crippen LogP contribution in [0.25, 0.3) is 0 Å². The van der Waals surface area contributed by atoms with Crippen molar-refractivity contribution in [2.24, 2.45) is 5.73 Å². The standard InChI is InChI=1S/C11H14FN/c1-7-2-3-8-6-9(13)4-5-10(8)11(7)12/h2-3,9H,4-6,13H2,1H3/t9-/m1/s1. The van der Waals surface area contributed by atoms with E-state index in [1.165, 1.54) is 0 Å². The number of hydrogen-bond donors (Lipinski definition) is 1. The Balaban J connectivity index is 2.47. The van der Waals surface area contributed by atoms with Gasteiger partial charge in [0.1, 0.15) is 5.82 Å². The largest absolute Gasteiger partial charge is 0.327 e. The molecule has 0 bridgehead atoms. The normalized spacial score (nSPS) is 21.3. The second-order valence-electron chi connectivity index (χ2n) is 3.84. The molecular weight excluding hydrogens is 165 g/mol. The Morgan fingerprint density at radius 1 is 1.46 bits per heavy atom. The summed E-state index contributed by atoms with van der Waals surface area (Å²) in [6, 6.07) is 4.06. The second-order valence-corrected chi connectivity index (χ2v) is 3.84. The second kappa shape index (κ2) is 3.11. The van der Waals surface area contributed by atoms with Crippen molar-refractivity contribution in [2.45, 2.75) is 32.2 Å². The molecule has 2 heteroatoms. The number of aryl methyl sites for hydroxylation is 1. The molecule has 1 aliphatic carbocycles. The summed E-state index contributed by atoms with van der Waals surface area (Å²) in [5.74, 6) is -0.0237. The summed E-state index contributed by atoms with van der Waals surface area (Å²) in [5, 5.41) is 0. The van der Waals surface area contributed by atoms with Gasteiger partial charge in [-0.1, -0.05) is 12.1 Å². The third kappa shape index (κ3) is 1.46. The maximum absolute atomic E-state index is 13.6. The Morgan fingerprint density at radius 3 is 3.00 bits per heavy atom. The first-order valence-corrected chi connectivity index (χ1v) is 4.71. The predicted octanol–water partition coefficient (Wildman–Crippen LogP) is 1.95. The van der Waals surface area contributed by atoms with Crippen molar-refractivity contribution in [1.29, 1.82) is 0 Å². The lowest BCUT2D eigenvalue weighted by molar-refractivity contribution is 0.534. The third-order valence-corrected chi connectivity index (χ3v) is 2.78. The van der Waals surface area contributed by atoms with Crippen LogP contribution in [0.4, 0.5) is 4.39 Å². The van der Waals surface area contributed by atoms with Crippen LogP contribution in [0, 0.1) is 12.7 Å². The van der Waals surface area contributed by atoms with E-state index >= 15 is 0 Å². The van der Waals surface area contributed by atoms with Crippen molar-refractivity contribution in [3.8, 4) is 0 Å². The van der Waals surface area contributed by atoms with Crippen LogP contribution in [-0.2, 0) is 12.8 Å². The monoisotopic (exact) mass is 179 g/mol. The minimum atomic E-state index is -0.0237. The molecule has 0 spiro atoms. The highest BCUT2D eigenvalue weighted by Crippen LogP contribution is 2.24. The average molecular weight is 179 g/mol. The topological polar surface area (TPSA) is 26.0 Å². The van der Waals surface area contributed by atoms with Gasteiger partial charge in [-0.15, -0.1) is 0 Å². The molecule has 0 unspecified atom stereocenters. The molecule has 0 radical (unpaired) electrons. The van der Waals surface area contributed by atoms with Crippen LogP contribution >= 0.6 is 0 Å². The van der Waals surface area contributed by atoms with E-state index in [1.54, 1.807) is 0 Å². The van der Waals surface area contributed by atoms with Gasteiger partial charge in [0.15, 0.2) is 0 Å². The fraction of sp³-hybridized carbons (Fsp3) is 0.455. The maximum atomic E-state index is 13.6. The molecule has 1 atom stereocenters. The minimum absolute atomic E-state index is 0.0237. The van der Waals surface area contributed by atoms with Gasteiger partial charge in [-0.05, 0) is 42.9 Å². The van der Waals surface area contributed by atoms with E-state index in [0.29, 0.717) is 0 Å². The first-order chi connectivity index (χ1) is 6.18. The summed E-state index contributed by atoms with van der Waals surface area (Å²) in [6.07, 6.45) is 2.53. The summed E-state index contributed by atoms with van der Waals surface area (Å²) < 4.78 is 13.6. The van der Waals surface area contributed by atoms with E-state index in [0.717, 1.165) is 36.0 Å². The molecule has 0 heterocycles. The fourth-order valence-electron chi connectivity index (χ4n) is 1.95. The molecule has 1 aromatic rings. The van der Waals surface area contributed by atoms with Crippen molar-refractivity contribution in [1.82, 2.24) is 0 Å². The summed E-state index contributed by atoms with van der Waals surface area (Å²) in [5.41, 5.74) is 8.55. The Bertz CT molecular complexity index is 333. The van der Waals surface area contributed by atoms with Gasteiger partial charge in [0.2, 0.25) is 0 Å². The van der Waals surface area contributed by atoms with E-state index in [9.17, 15) is 4.39 Å². The van der Waals surface area contributed by atoms with Crippen molar-refractivity contribution >= 4 is 0 Å². The highest BCUT2D eigenvalue weighted by molar-refractivity contribution is 5.35. The van der Waals surface area contributed by atoms with Crippen LogP contribution in [0.15, 0.2) is 12.1 Å². The highest BCUT2D eigenvalue weighted by Gasteiger charge is 2.18. The van der Waals surface area contributed by atoms with Gasteiger partial charge in [0, 0.05) is 6.04 Å². The Hall–Kier alpha value is -0.890. The van der Waals surface area contributed by atoms with E-state index in [4.69, 9.17) is 5.73 Å². The Morgan fingerprint density at radius 2 is 2.23 bits per heavy atom. The van der Waals surface area contributed by atoms with Crippen molar-refractivity contribution < 1.29 is 4.39 Å². The van der Waals surface area contributed by atoms with E-state index in [2.05, 4.69) is 0 Å². The Kier molecular flexibility index (Phi) is 2.08. The number of rotatable bonds is 0. The Labute approximate surface area is 77.8 Å². The molecular formula is C11H14FN. The first kappa shape index (κ1) is 8.70. The van der Waals surface area contributed by atoms with E-state index in [1.807, 2.05) is 19.1 Å². The van der Waals surface area contributed by atoms with Gasteiger partial charge in [-0.3, -0.25) is 0 Å². The predicted molar refractivity (Wildman–Crippen MR) is 51.1 cm³/mol. The summed E-state index contributed by atoms with van der Waals surface area (Å²) in [4.78, 5) is 0. The number of halogens is 1. The summed E-state index contributed by atoms with van der Waals surface area (Å²) >= 11 is 0. The van der Waals surface area contributed by atoms with Gasteiger partial charge < -0.3 is 5.73 Å². The SMILES string of the molecule is Cc1ccc2c(c1F)CC[C@@H](N)C2. The summed E-state index contributed by atoms with van der Waals surface area (Å²) in [7, 11) is 0. The van der Waals surface area contributed by atoms with Gasteiger partial charge in [-0.2, -0.15) is 0 Å².